The fourth-order valence-corrected chi connectivity index (χ4v) is 1.29. The van der Waals surface area contributed by atoms with Gasteiger partial charge in [-0.05, 0) is 19.3 Å². The van der Waals surface area contributed by atoms with Crippen LogP contribution in [0.25, 0.3) is 0 Å². The van der Waals surface area contributed by atoms with E-state index in [2.05, 4.69) is 6.58 Å². The van der Waals surface area contributed by atoms with E-state index in [0.717, 1.165) is 19.3 Å². The second kappa shape index (κ2) is 3.74. The molecule has 1 saturated carbocycles. The van der Waals surface area contributed by atoms with E-state index in [1.807, 2.05) is 0 Å². The Balaban J connectivity index is 2.19. The minimum atomic E-state index is -0.236. The maximum Gasteiger partial charge on any atom is 0.0838 e. The third-order valence-electron chi connectivity index (χ3n) is 1.85. The van der Waals surface area contributed by atoms with Gasteiger partial charge >= 0.3 is 0 Å². The highest BCUT2D eigenvalue weighted by molar-refractivity contribution is 4.78. The first-order valence-electron chi connectivity index (χ1n) is 3.75. The summed E-state index contributed by atoms with van der Waals surface area (Å²) in [6, 6.07) is 0. The van der Waals surface area contributed by atoms with Crippen molar-refractivity contribution in [1.82, 2.24) is 0 Å². The van der Waals surface area contributed by atoms with Gasteiger partial charge in [-0.1, -0.05) is 6.08 Å². The van der Waals surface area contributed by atoms with E-state index in [-0.39, 0.29) is 12.2 Å². The van der Waals surface area contributed by atoms with Crippen LogP contribution < -0.4 is 0 Å². The van der Waals surface area contributed by atoms with Gasteiger partial charge in [-0.15, -0.1) is 6.58 Å². The number of rotatable bonds is 3. The van der Waals surface area contributed by atoms with Crippen LogP contribution >= 0.6 is 0 Å². The SMILES string of the molecule is C=CCOC1CCC[C@H]1O. The zero-order valence-corrected chi connectivity index (χ0v) is 6.12. The lowest BCUT2D eigenvalue weighted by molar-refractivity contribution is -0.00618. The summed E-state index contributed by atoms with van der Waals surface area (Å²) in [7, 11) is 0. The van der Waals surface area contributed by atoms with Crippen molar-refractivity contribution in [3.05, 3.63) is 12.7 Å². The molecule has 10 heavy (non-hydrogen) atoms. The normalized spacial score (nSPS) is 32.5. The molecular formula is C8H14O2. The Bertz CT molecular complexity index is 112. The molecule has 1 unspecified atom stereocenters. The van der Waals surface area contributed by atoms with Gasteiger partial charge in [-0.25, -0.2) is 0 Å². The Hall–Kier alpha value is -0.340. The average molecular weight is 142 g/mol. The van der Waals surface area contributed by atoms with Crippen LogP contribution in [-0.2, 0) is 4.74 Å². The number of hydrogen-bond donors (Lipinski definition) is 1. The standard InChI is InChI=1S/C8H14O2/c1-2-6-10-8-5-3-4-7(8)9/h2,7-9H,1,3-6H2/t7-,8?/m1/s1. The van der Waals surface area contributed by atoms with Crippen molar-refractivity contribution in [2.24, 2.45) is 0 Å². The lowest BCUT2D eigenvalue weighted by Gasteiger charge is -2.13. The molecule has 0 amide bonds. The number of ether oxygens (including phenoxy) is 1. The predicted octanol–water partition coefficient (Wildman–Crippen LogP) is 1.10. The van der Waals surface area contributed by atoms with Gasteiger partial charge in [0.2, 0.25) is 0 Å². The van der Waals surface area contributed by atoms with Crippen LogP contribution in [0.5, 0.6) is 0 Å². The zero-order valence-electron chi connectivity index (χ0n) is 6.12. The van der Waals surface area contributed by atoms with E-state index in [1.54, 1.807) is 6.08 Å². The molecule has 1 N–H and O–H groups in total. The second-order valence-corrected chi connectivity index (χ2v) is 2.66. The lowest BCUT2D eigenvalue weighted by Crippen LogP contribution is -2.22. The maximum atomic E-state index is 9.26. The number of hydrogen-bond acceptors (Lipinski definition) is 2. The molecule has 1 fully saturated rings. The molecule has 0 aromatic heterocycles. The van der Waals surface area contributed by atoms with Crippen LogP contribution in [0.4, 0.5) is 0 Å². The van der Waals surface area contributed by atoms with Crippen molar-refractivity contribution >= 4 is 0 Å². The molecule has 0 spiro atoms. The van der Waals surface area contributed by atoms with Crippen molar-refractivity contribution in [2.45, 2.75) is 31.5 Å². The van der Waals surface area contributed by atoms with Gasteiger partial charge in [-0.2, -0.15) is 0 Å². The summed E-state index contributed by atoms with van der Waals surface area (Å²) < 4.78 is 5.30. The van der Waals surface area contributed by atoms with Crippen molar-refractivity contribution in [2.75, 3.05) is 6.61 Å². The minimum Gasteiger partial charge on any atom is -0.390 e. The van der Waals surface area contributed by atoms with Crippen LogP contribution in [0, 0.1) is 0 Å². The maximum absolute atomic E-state index is 9.26. The van der Waals surface area contributed by atoms with E-state index < -0.39 is 0 Å². The van der Waals surface area contributed by atoms with Gasteiger partial charge in [0.05, 0.1) is 18.8 Å². The molecule has 0 aromatic carbocycles. The van der Waals surface area contributed by atoms with Gasteiger partial charge in [0.25, 0.3) is 0 Å². The van der Waals surface area contributed by atoms with E-state index in [0.29, 0.717) is 6.61 Å². The third kappa shape index (κ3) is 1.82. The first-order valence-corrected chi connectivity index (χ1v) is 3.75. The van der Waals surface area contributed by atoms with Crippen molar-refractivity contribution in [3.63, 3.8) is 0 Å². The first kappa shape index (κ1) is 7.76. The van der Waals surface area contributed by atoms with Crippen molar-refractivity contribution < 1.29 is 9.84 Å². The van der Waals surface area contributed by atoms with Crippen LogP contribution in [0.2, 0.25) is 0 Å². The predicted molar refractivity (Wildman–Crippen MR) is 39.8 cm³/mol. The van der Waals surface area contributed by atoms with Crippen LogP contribution in [0.3, 0.4) is 0 Å². The molecule has 1 aliphatic carbocycles. The highest BCUT2D eigenvalue weighted by atomic mass is 16.5. The molecule has 0 aromatic rings. The monoisotopic (exact) mass is 142 g/mol. The molecular weight excluding hydrogens is 128 g/mol. The summed E-state index contributed by atoms with van der Waals surface area (Å²) >= 11 is 0. The van der Waals surface area contributed by atoms with E-state index >= 15 is 0 Å². The molecule has 2 heteroatoms. The van der Waals surface area contributed by atoms with E-state index in [1.165, 1.54) is 0 Å². The Kier molecular flexibility index (Phi) is 2.90. The van der Waals surface area contributed by atoms with Gasteiger partial charge < -0.3 is 9.84 Å². The molecule has 1 aliphatic rings. The van der Waals surface area contributed by atoms with Gasteiger partial charge in [0, 0.05) is 0 Å². The summed E-state index contributed by atoms with van der Waals surface area (Å²) in [5, 5.41) is 9.26. The summed E-state index contributed by atoms with van der Waals surface area (Å²) in [5.74, 6) is 0. The highest BCUT2D eigenvalue weighted by Gasteiger charge is 2.24. The molecule has 1 rings (SSSR count). The van der Waals surface area contributed by atoms with Crippen LogP contribution in [-0.4, -0.2) is 23.9 Å². The zero-order chi connectivity index (χ0) is 7.40. The summed E-state index contributed by atoms with van der Waals surface area (Å²) in [6.45, 7) is 4.10. The average Bonchev–Trinajstić information content (AvgIpc) is 2.31. The van der Waals surface area contributed by atoms with Gasteiger partial charge in [0.1, 0.15) is 0 Å². The van der Waals surface area contributed by atoms with E-state index in [9.17, 15) is 5.11 Å². The molecule has 0 radical (unpaired) electrons. The first-order chi connectivity index (χ1) is 4.84. The molecule has 58 valence electrons. The van der Waals surface area contributed by atoms with Crippen LogP contribution in [0.15, 0.2) is 12.7 Å². The largest absolute Gasteiger partial charge is 0.390 e. The number of aliphatic hydroxyl groups excluding tert-OH is 1. The van der Waals surface area contributed by atoms with Gasteiger partial charge in [-0.3, -0.25) is 0 Å². The highest BCUT2D eigenvalue weighted by Crippen LogP contribution is 2.21. The van der Waals surface area contributed by atoms with E-state index in [4.69, 9.17) is 4.74 Å². The summed E-state index contributed by atoms with van der Waals surface area (Å²) in [5.41, 5.74) is 0. The lowest BCUT2D eigenvalue weighted by atomic mass is 10.3. The Morgan fingerprint density at radius 3 is 2.90 bits per heavy atom. The third-order valence-corrected chi connectivity index (χ3v) is 1.85. The molecule has 0 bridgehead atoms. The summed E-state index contributed by atoms with van der Waals surface area (Å²) in [6.07, 6.45) is 4.52. The molecule has 2 atom stereocenters. The quantitative estimate of drug-likeness (QED) is 0.598. The molecule has 0 heterocycles. The van der Waals surface area contributed by atoms with Crippen molar-refractivity contribution in [1.29, 1.82) is 0 Å². The molecule has 2 nitrogen and oxygen atoms in total. The fourth-order valence-electron chi connectivity index (χ4n) is 1.29. The van der Waals surface area contributed by atoms with Crippen molar-refractivity contribution in [3.8, 4) is 0 Å². The summed E-state index contributed by atoms with van der Waals surface area (Å²) in [4.78, 5) is 0. The minimum absolute atomic E-state index is 0.0676. The van der Waals surface area contributed by atoms with Crippen LogP contribution in [0.1, 0.15) is 19.3 Å². The smallest absolute Gasteiger partial charge is 0.0838 e. The fraction of sp³-hybridized carbons (Fsp3) is 0.750. The molecule has 0 aliphatic heterocycles. The Morgan fingerprint density at radius 2 is 2.40 bits per heavy atom. The van der Waals surface area contributed by atoms with Gasteiger partial charge in [0.15, 0.2) is 0 Å². The molecule has 0 saturated heterocycles. The Morgan fingerprint density at radius 1 is 1.60 bits per heavy atom. The second-order valence-electron chi connectivity index (χ2n) is 2.66. The topological polar surface area (TPSA) is 29.5 Å². The Labute approximate surface area is 61.5 Å². The number of aliphatic hydroxyl groups is 1.